The van der Waals surface area contributed by atoms with Crippen LogP contribution in [0.15, 0.2) is 42.9 Å². The van der Waals surface area contributed by atoms with E-state index < -0.39 is 0 Å². The van der Waals surface area contributed by atoms with Gasteiger partial charge in [-0.25, -0.2) is 0 Å². The van der Waals surface area contributed by atoms with Gasteiger partial charge in [-0.05, 0) is 30.8 Å². The molecule has 0 radical (unpaired) electrons. The fraction of sp³-hybridized carbons (Fsp3) is 0.333. The van der Waals surface area contributed by atoms with Crippen molar-refractivity contribution in [2.24, 2.45) is 0 Å². The second-order valence-corrected chi connectivity index (χ2v) is 4.53. The molecule has 0 aliphatic rings. The molecule has 0 fully saturated rings. The van der Waals surface area contributed by atoms with Crippen LogP contribution in [-0.2, 0) is 13.0 Å². The number of aromatic nitrogens is 2. The van der Waals surface area contributed by atoms with E-state index in [2.05, 4.69) is 39.4 Å². The minimum absolute atomic E-state index is 0.853. The fourth-order valence-electron chi connectivity index (χ4n) is 2.05. The summed E-state index contributed by atoms with van der Waals surface area (Å²) in [4.78, 5) is 10.8. The van der Waals surface area contributed by atoms with Crippen molar-refractivity contribution in [1.29, 1.82) is 0 Å². The van der Waals surface area contributed by atoms with E-state index in [1.807, 2.05) is 37.8 Å². The van der Waals surface area contributed by atoms with Crippen molar-refractivity contribution in [3.05, 3.63) is 54.1 Å². The Balaban J connectivity index is 2.01. The molecule has 2 aromatic rings. The molecule has 0 aliphatic heterocycles. The molecule has 2 heterocycles. The number of likely N-dealkylation sites (N-methyl/N-ethyl adjacent to an activating group) is 1. The van der Waals surface area contributed by atoms with Crippen molar-refractivity contribution in [3.63, 3.8) is 0 Å². The summed E-state index contributed by atoms with van der Waals surface area (Å²) >= 11 is 0. The molecular formula is C15H20N4. The normalized spacial score (nSPS) is 10.4. The van der Waals surface area contributed by atoms with Gasteiger partial charge in [0.2, 0.25) is 0 Å². The third kappa shape index (κ3) is 3.76. The van der Waals surface area contributed by atoms with Crippen LogP contribution in [0.5, 0.6) is 0 Å². The third-order valence-electron chi connectivity index (χ3n) is 3.10. The quantitative estimate of drug-likeness (QED) is 0.856. The van der Waals surface area contributed by atoms with Crippen molar-refractivity contribution >= 4 is 5.69 Å². The summed E-state index contributed by atoms with van der Waals surface area (Å²) in [7, 11) is 4.05. The monoisotopic (exact) mass is 256 g/mol. The van der Waals surface area contributed by atoms with Gasteiger partial charge in [0.15, 0.2) is 0 Å². The van der Waals surface area contributed by atoms with E-state index in [-0.39, 0.29) is 0 Å². The standard InChI is InChI=1S/C15H20N4/c1-16-11-13-6-9-17-12-15(13)19(2)10-7-14-5-3-4-8-18-14/h3-6,8-9,12,16H,7,10-11H2,1-2H3. The Morgan fingerprint density at radius 2 is 2.11 bits per heavy atom. The highest BCUT2D eigenvalue weighted by Gasteiger charge is 2.07. The van der Waals surface area contributed by atoms with E-state index in [9.17, 15) is 0 Å². The van der Waals surface area contributed by atoms with Crippen LogP contribution in [-0.4, -0.2) is 30.6 Å². The van der Waals surface area contributed by atoms with E-state index in [4.69, 9.17) is 0 Å². The fourth-order valence-corrected chi connectivity index (χ4v) is 2.05. The van der Waals surface area contributed by atoms with Crippen LogP contribution in [0.3, 0.4) is 0 Å². The van der Waals surface area contributed by atoms with Crippen molar-refractivity contribution in [3.8, 4) is 0 Å². The van der Waals surface area contributed by atoms with Crippen LogP contribution in [0.4, 0.5) is 5.69 Å². The van der Waals surface area contributed by atoms with E-state index in [0.717, 1.165) is 25.2 Å². The van der Waals surface area contributed by atoms with E-state index in [0.29, 0.717) is 0 Å². The van der Waals surface area contributed by atoms with Gasteiger partial charge in [0.1, 0.15) is 0 Å². The van der Waals surface area contributed by atoms with Gasteiger partial charge in [0.25, 0.3) is 0 Å². The molecule has 0 aliphatic carbocycles. The lowest BCUT2D eigenvalue weighted by molar-refractivity contribution is 0.795. The first-order valence-electron chi connectivity index (χ1n) is 6.50. The predicted octanol–water partition coefficient (Wildman–Crippen LogP) is 1.87. The topological polar surface area (TPSA) is 41.1 Å². The Bertz CT molecular complexity index is 499. The summed E-state index contributed by atoms with van der Waals surface area (Å²) in [6, 6.07) is 8.09. The Morgan fingerprint density at radius 1 is 1.21 bits per heavy atom. The Labute approximate surface area is 114 Å². The summed E-state index contributed by atoms with van der Waals surface area (Å²) in [5, 5.41) is 3.19. The summed E-state index contributed by atoms with van der Waals surface area (Å²) in [5.41, 5.74) is 3.56. The molecule has 0 bridgehead atoms. The molecule has 4 heteroatoms. The summed E-state index contributed by atoms with van der Waals surface area (Å²) < 4.78 is 0. The van der Waals surface area contributed by atoms with Crippen molar-refractivity contribution in [1.82, 2.24) is 15.3 Å². The van der Waals surface area contributed by atoms with E-state index in [1.165, 1.54) is 11.3 Å². The van der Waals surface area contributed by atoms with Gasteiger partial charge in [-0.15, -0.1) is 0 Å². The third-order valence-corrected chi connectivity index (χ3v) is 3.10. The zero-order valence-corrected chi connectivity index (χ0v) is 11.5. The molecule has 1 N–H and O–H groups in total. The summed E-state index contributed by atoms with van der Waals surface area (Å²) in [5.74, 6) is 0. The Morgan fingerprint density at radius 3 is 2.84 bits per heavy atom. The van der Waals surface area contributed by atoms with Crippen LogP contribution in [0.1, 0.15) is 11.3 Å². The zero-order chi connectivity index (χ0) is 13.5. The molecule has 0 saturated heterocycles. The van der Waals surface area contributed by atoms with Gasteiger partial charge in [-0.2, -0.15) is 0 Å². The first-order valence-corrected chi connectivity index (χ1v) is 6.50. The minimum Gasteiger partial charge on any atom is -0.373 e. The molecule has 0 unspecified atom stereocenters. The van der Waals surface area contributed by atoms with Crippen LogP contribution >= 0.6 is 0 Å². The molecule has 0 atom stereocenters. The molecule has 2 aromatic heterocycles. The van der Waals surface area contributed by atoms with Crippen LogP contribution in [0.25, 0.3) is 0 Å². The Hall–Kier alpha value is -1.94. The van der Waals surface area contributed by atoms with E-state index >= 15 is 0 Å². The van der Waals surface area contributed by atoms with Gasteiger partial charge in [-0.1, -0.05) is 6.07 Å². The average Bonchev–Trinajstić information content (AvgIpc) is 2.47. The van der Waals surface area contributed by atoms with Gasteiger partial charge in [0, 0.05) is 44.6 Å². The number of nitrogens with one attached hydrogen (secondary N) is 1. The SMILES string of the molecule is CNCc1ccncc1N(C)CCc1ccccn1. The minimum atomic E-state index is 0.853. The van der Waals surface area contributed by atoms with Gasteiger partial charge in [-0.3, -0.25) is 9.97 Å². The van der Waals surface area contributed by atoms with Gasteiger partial charge >= 0.3 is 0 Å². The van der Waals surface area contributed by atoms with Crippen molar-refractivity contribution in [2.45, 2.75) is 13.0 Å². The first-order chi connectivity index (χ1) is 9.31. The lowest BCUT2D eigenvalue weighted by atomic mass is 10.2. The summed E-state index contributed by atoms with van der Waals surface area (Å²) in [6.07, 6.45) is 6.53. The molecule has 4 nitrogen and oxygen atoms in total. The van der Waals surface area contributed by atoms with E-state index in [1.54, 1.807) is 0 Å². The number of hydrogen-bond acceptors (Lipinski definition) is 4. The maximum atomic E-state index is 4.35. The van der Waals surface area contributed by atoms with Gasteiger partial charge in [0.05, 0.1) is 11.9 Å². The molecule has 0 aromatic carbocycles. The zero-order valence-electron chi connectivity index (χ0n) is 11.5. The van der Waals surface area contributed by atoms with Crippen LogP contribution < -0.4 is 10.2 Å². The highest BCUT2D eigenvalue weighted by molar-refractivity contribution is 5.51. The number of pyridine rings is 2. The maximum absolute atomic E-state index is 4.35. The van der Waals surface area contributed by atoms with Crippen molar-refractivity contribution in [2.75, 3.05) is 25.5 Å². The molecule has 19 heavy (non-hydrogen) atoms. The second kappa shape index (κ2) is 6.85. The van der Waals surface area contributed by atoms with Crippen LogP contribution in [0, 0.1) is 0 Å². The smallest absolute Gasteiger partial charge is 0.0595 e. The highest BCUT2D eigenvalue weighted by Crippen LogP contribution is 2.17. The number of nitrogens with zero attached hydrogens (tertiary/aromatic N) is 3. The average molecular weight is 256 g/mol. The second-order valence-electron chi connectivity index (χ2n) is 4.53. The largest absolute Gasteiger partial charge is 0.373 e. The number of hydrogen-bond donors (Lipinski definition) is 1. The number of rotatable bonds is 6. The van der Waals surface area contributed by atoms with Gasteiger partial charge < -0.3 is 10.2 Å². The van der Waals surface area contributed by atoms with Crippen LogP contribution in [0.2, 0.25) is 0 Å². The lowest BCUT2D eigenvalue weighted by Crippen LogP contribution is -2.23. The molecule has 2 rings (SSSR count). The number of anilines is 1. The summed E-state index contributed by atoms with van der Waals surface area (Å²) in [6.45, 7) is 1.78. The molecule has 0 amide bonds. The predicted molar refractivity (Wildman–Crippen MR) is 78.2 cm³/mol. The van der Waals surface area contributed by atoms with Crippen molar-refractivity contribution < 1.29 is 0 Å². The Kier molecular flexibility index (Phi) is 4.86. The molecule has 0 spiro atoms. The first kappa shape index (κ1) is 13.5. The molecular weight excluding hydrogens is 236 g/mol. The molecule has 0 saturated carbocycles. The maximum Gasteiger partial charge on any atom is 0.0595 e. The highest BCUT2D eigenvalue weighted by atomic mass is 15.1. The molecule has 100 valence electrons. The lowest BCUT2D eigenvalue weighted by Gasteiger charge is -2.21.